The second-order valence-electron chi connectivity index (χ2n) is 5.90. The van der Waals surface area contributed by atoms with Crippen molar-refractivity contribution in [2.24, 2.45) is 0 Å². The van der Waals surface area contributed by atoms with Crippen molar-refractivity contribution in [1.82, 2.24) is 4.31 Å². The van der Waals surface area contributed by atoms with Gasteiger partial charge in [0.15, 0.2) is 0 Å². The molecule has 25 heavy (non-hydrogen) atoms. The topological polar surface area (TPSA) is 101 Å². The molecule has 2 heterocycles. The Morgan fingerprint density at radius 1 is 1.20 bits per heavy atom. The van der Waals surface area contributed by atoms with Gasteiger partial charge in [0.25, 0.3) is 0 Å². The van der Waals surface area contributed by atoms with E-state index in [0.717, 1.165) is 12.8 Å². The molecule has 0 aliphatic carbocycles. The monoisotopic (exact) mass is 388 g/mol. The molecule has 3 rings (SSSR count). The number of anilines is 1. The van der Waals surface area contributed by atoms with Gasteiger partial charge >= 0.3 is 0 Å². The second kappa shape index (κ2) is 6.58. The van der Waals surface area contributed by atoms with Crippen LogP contribution >= 0.6 is 0 Å². The van der Waals surface area contributed by atoms with Crippen LogP contribution in [0, 0.1) is 0 Å². The summed E-state index contributed by atoms with van der Waals surface area (Å²) in [6.45, 7) is 2.83. The van der Waals surface area contributed by atoms with Crippen LogP contribution < -0.4 is 9.04 Å². The molecule has 138 valence electrons. The highest BCUT2D eigenvalue weighted by Crippen LogP contribution is 2.35. The van der Waals surface area contributed by atoms with Crippen molar-refractivity contribution in [3.63, 3.8) is 0 Å². The fraction of sp³-hybridized carbons (Fsp3) is 0.533. The van der Waals surface area contributed by atoms with Crippen LogP contribution in [0.1, 0.15) is 26.2 Å². The summed E-state index contributed by atoms with van der Waals surface area (Å²) in [5, 5.41) is 0. The summed E-state index contributed by atoms with van der Waals surface area (Å²) in [5.74, 6) is -0.677. The summed E-state index contributed by atoms with van der Waals surface area (Å²) in [6, 6.07) is 4.02. The zero-order valence-electron chi connectivity index (χ0n) is 13.8. The highest BCUT2D eigenvalue weighted by molar-refractivity contribution is 7.94. The van der Waals surface area contributed by atoms with Gasteiger partial charge in [-0.25, -0.2) is 21.1 Å². The lowest BCUT2D eigenvalue weighted by atomic mass is 10.3. The molecule has 0 atom stereocenters. The lowest BCUT2D eigenvalue weighted by Gasteiger charge is -2.21. The molecule has 0 aromatic heterocycles. The van der Waals surface area contributed by atoms with E-state index in [1.54, 1.807) is 6.92 Å². The molecule has 1 amide bonds. The Bertz CT molecular complexity index is 889. The third kappa shape index (κ3) is 3.25. The second-order valence-corrected chi connectivity index (χ2v) is 9.74. The lowest BCUT2D eigenvalue weighted by molar-refractivity contribution is -0.116. The predicted molar refractivity (Wildman–Crippen MR) is 91.5 cm³/mol. The van der Waals surface area contributed by atoms with Crippen LogP contribution in [0.25, 0.3) is 0 Å². The maximum atomic E-state index is 12.9. The van der Waals surface area contributed by atoms with Crippen molar-refractivity contribution >= 4 is 31.6 Å². The Hall–Kier alpha value is -1.65. The largest absolute Gasteiger partial charge is 0.492 e. The molecule has 0 bridgehead atoms. The van der Waals surface area contributed by atoms with E-state index in [-0.39, 0.29) is 35.1 Å². The van der Waals surface area contributed by atoms with Gasteiger partial charge in [-0.05, 0) is 38.0 Å². The normalized spacial score (nSPS) is 21.0. The first-order valence-electron chi connectivity index (χ1n) is 8.10. The zero-order valence-corrected chi connectivity index (χ0v) is 15.5. The van der Waals surface area contributed by atoms with E-state index in [1.165, 1.54) is 22.5 Å². The SMILES string of the molecule is CCOc1ccc(N2C(=O)CCS2(=O)=O)cc1S(=O)(=O)N1CCCC1. The fourth-order valence-corrected chi connectivity index (χ4v) is 6.16. The number of nitrogens with zero attached hydrogens (tertiary/aromatic N) is 2. The minimum atomic E-state index is -3.82. The number of hydrogen-bond donors (Lipinski definition) is 0. The molecule has 8 nitrogen and oxygen atoms in total. The number of amides is 1. The Morgan fingerprint density at radius 3 is 2.44 bits per heavy atom. The summed E-state index contributed by atoms with van der Waals surface area (Å²) in [7, 11) is -7.58. The number of ether oxygens (including phenoxy) is 1. The van der Waals surface area contributed by atoms with Crippen molar-refractivity contribution in [1.29, 1.82) is 0 Å². The summed E-state index contributed by atoms with van der Waals surface area (Å²) in [4.78, 5) is 11.9. The molecule has 2 fully saturated rings. The van der Waals surface area contributed by atoms with Gasteiger partial charge in [-0.3, -0.25) is 4.79 Å². The standard InChI is InChI=1S/C15H20N2O6S2/c1-2-23-13-6-5-12(17-15(18)7-10-24(17,19)20)11-14(13)25(21,22)16-8-3-4-9-16/h5-6,11H,2-4,7-10H2,1H3. The highest BCUT2D eigenvalue weighted by Gasteiger charge is 2.38. The number of rotatable bonds is 5. The zero-order chi connectivity index (χ0) is 18.2. The van der Waals surface area contributed by atoms with Crippen molar-refractivity contribution in [3.05, 3.63) is 18.2 Å². The van der Waals surface area contributed by atoms with E-state index >= 15 is 0 Å². The Kier molecular flexibility index (Phi) is 4.78. The number of carbonyl (C=O) groups excluding carboxylic acids is 1. The van der Waals surface area contributed by atoms with Crippen molar-refractivity contribution in [3.8, 4) is 5.75 Å². The Labute approximate surface area is 147 Å². The van der Waals surface area contributed by atoms with Gasteiger partial charge < -0.3 is 4.74 Å². The smallest absolute Gasteiger partial charge is 0.246 e. The van der Waals surface area contributed by atoms with E-state index in [4.69, 9.17) is 4.74 Å². The van der Waals surface area contributed by atoms with E-state index in [2.05, 4.69) is 0 Å². The van der Waals surface area contributed by atoms with E-state index in [0.29, 0.717) is 17.4 Å². The molecule has 2 aliphatic heterocycles. The number of hydrogen-bond acceptors (Lipinski definition) is 6. The first-order chi connectivity index (χ1) is 11.8. The molecule has 0 radical (unpaired) electrons. The maximum absolute atomic E-state index is 12.9. The van der Waals surface area contributed by atoms with Crippen LogP contribution in [-0.2, 0) is 24.8 Å². The van der Waals surface area contributed by atoms with Gasteiger partial charge in [-0.15, -0.1) is 0 Å². The summed E-state index contributed by atoms with van der Waals surface area (Å²) in [6.07, 6.45) is 1.45. The average Bonchev–Trinajstić information content (AvgIpc) is 3.17. The number of carbonyl (C=O) groups is 1. The van der Waals surface area contributed by atoms with Crippen molar-refractivity contribution in [2.75, 3.05) is 29.8 Å². The number of sulfonamides is 2. The summed E-state index contributed by atoms with van der Waals surface area (Å²) in [5.41, 5.74) is 0.0312. The molecule has 0 unspecified atom stereocenters. The van der Waals surface area contributed by atoms with Crippen LogP contribution in [0.15, 0.2) is 23.1 Å². The predicted octanol–water partition coefficient (Wildman–Crippen LogP) is 0.936. The molecule has 1 aromatic carbocycles. The quantitative estimate of drug-likeness (QED) is 0.744. The van der Waals surface area contributed by atoms with Gasteiger partial charge in [-0.2, -0.15) is 4.31 Å². The van der Waals surface area contributed by atoms with Crippen LogP contribution in [0.2, 0.25) is 0 Å². The number of benzene rings is 1. The average molecular weight is 388 g/mol. The fourth-order valence-electron chi connectivity index (χ4n) is 3.04. The van der Waals surface area contributed by atoms with Gasteiger partial charge in [0.2, 0.25) is 26.0 Å². The molecule has 0 saturated carbocycles. The van der Waals surface area contributed by atoms with Crippen LogP contribution in [0.5, 0.6) is 5.75 Å². The summed E-state index contributed by atoms with van der Waals surface area (Å²) < 4.78 is 57.6. The van der Waals surface area contributed by atoms with Crippen LogP contribution in [-0.4, -0.2) is 52.5 Å². The van der Waals surface area contributed by atoms with Crippen LogP contribution in [0.4, 0.5) is 5.69 Å². The van der Waals surface area contributed by atoms with E-state index < -0.39 is 26.0 Å². The Morgan fingerprint density at radius 2 is 1.88 bits per heavy atom. The molecule has 0 N–H and O–H groups in total. The van der Waals surface area contributed by atoms with E-state index in [9.17, 15) is 21.6 Å². The molecular weight excluding hydrogens is 368 g/mol. The third-order valence-corrected chi connectivity index (χ3v) is 7.83. The van der Waals surface area contributed by atoms with Crippen molar-refractivity contribution < 1.29 is 26.4 Å². The molecule has 2 aliphatic rings. The first-order valence-corrected chi connectivity index (χ1v) is 11.1. The lowest BCUT2D eigenvalue weighted by Crippen LogP contribution is -2.31. The van der Waals surface area contributed by atoms with Gasteiger partial charge in [0, 0.05) is 19.5 Å². The van der Waals surface area contributed by atoms with Crippen molar-refractivity contribution in [2.45, 2.75) is 31.1 Å². The van der Waals surface area contributed by atoms with Gasteiger partial charge in [0.1, 0.15) is 10.6 Å². The third-order valence-electron chi connectivity index (χ3n) is 4.22. The van der Waals surface area contributed by atoms with E-state index in [1.807, 2.05) is 0 Å². The minimum Gasteiger partial charge on any atom is -0.492 e. The van der Waals surface area contributed by atoms with Crippen LogP contribution in [0.3, 0.4) is 0 Å². The van der Waals surface area contributed by atoms with Gasteiger partial charge in [-0.1, -0.05) is 0 Å². The van der Waals surface area contributed by atoms with Gasteiger partial charge in [0.05, 0.1) is 18.0 Å². The molecule has 1 aromatic rings. The Balaban J connectivity index is 2.11. The highest BCUT2D eigenvalue weighted by atomic mass is 32.2. The molecule has 10 heteroatoms. The first kappa shape index (κ1) is 18.2. The molecule has 0 spiro atoms. The minimum absolute atomic E-state index is 0.0312. The molecule has 2 saturated heterocycles. The summed E-state index contributed by atoms with van der Waals surface area (Å²) >= 11 is 0. The molecular formula is C15H20N2O6S2. The maximum Gasteiger partial charge on any atom is 0.246 e.